The zero-order valence-electron chi connectivity index (χ0n) is 6.84. The third kappa shape index (κ3) is 2.26. The molecule has 0 amide bonds. The number of halogens is 2. The van der Waals surface area contributed by atoms with Gasteiger partial charge in [0, 0.05) is 0 Å². The van der Waals surface area contributed by atoms with Gasteiger partial charge in [-0.05, 0) is 24.4 Å². The van der Waals surface area contributed by atoms with Crippen LogP contribution >= 0.6 is 35.4 Å². The molecule has 14 heavy (non-hydrogen) atoms. The van der Waals surface area contributed by atoms with Crippen molar-refractivity contribution in [2.24, 2.45) is 5.73 Å². The lowest BCUT2D eigenvalue weighted by atomic mass is 10.2. The average molecular weight is 246 g/mol. The van der Waals surface area contributed by atoms with E-state index in [1.54, 1.807) is 12.1 Å². The first-order valence-electron chi connectivity index (χ1n) is 3.51. The lowest BCUT2D eigenvalue weighted by Gasteiger charge is -2.07. The van der Waals surface area contributed by atoms with Gasteiger partial charge in [-0.1, -0.05) is 23.2 Å². The highest BCUT2D eigenvalue weighted by molar-refractivity contribution is 7.80. The van der Waals surface area contributed by atoms with Crippen LogP contribution in [0.2, 0.25) is 10.0 Å². The molecule has 0 spiro atoms. The van der Waals surface area contributed by atoms with Crippen LogP contribution in [0.1, 0.15) is 5.56 Å². The Kier molecular flexibility index (Phi) is 3.53. The number of hydrogen-bond acceptors (Lipinski definition) is 2. The molecule has 0 heterocycles. The van der Waals surface area contributed by atoms with E-state index in [2.05, 4.69) is 17.5 Å². The normalized spacial score (nSPS) is 9.21. The Bertz CT molecular complexity index is 425. The van der Waals surface area contributed by atoms with Crippen molar-refractivity contribution in [1.82, 2.24) is 0 Å². The molecule has 0 aliphatic heterocycles. The molecule has 0 bridgehead atoms. The molecule has 1 aromatic rings. The minimum Gasteiger partial charge on any atom is -0.376 e. The summed E-state index contributed by atoms with van der Waals surface area (Å²) in [5, 5.41) is 12.0. The number of anilines is 1. The molecule has 0 aliphatic rings. The quantitative estimate of drug-likeness (QED) is 0.747. The maximum absolute atomic E-state index is 8.82. The number of benzene rings is 1. The van der Waals surface area contributed by atoms with Crippen LogP contribution in [0.15, 0.2) is 12.1 Å². The van der Waals surface area contributed by atoms with Gasteiger partial charge in [0.2, 0.25) is 0 Å². The van der Waals surface area contributed by atoms with E-state index < -0.39 is 0 Å². The molecule has 0 saturated heterocycles. The number of nitriles is 1. The highest BCUT2D eigenvalue weighted by Gasteiger charge is 2.10. The Labute approximate surface area is 96.4 Å². The van der Waals surface area contributed by atoms with Crippen molar-refractivity contribution in [1.29, 1.82) is 5.26 Å². The molecule has 0 unspecified atom stereocenters. The molecule has 0 fully saturated rings. The molecule has 0 atom stereocenters. The summed E-state index contributed by atoms with van der Waals surface area (Å²) in [5.41, 5.74) is 5.95. The van der Waals surface area contributed by atoms with Gasteiger partial charge in [-0.3, -0.25) is 0 Å². The monoisotopic (exact) mass is 245 g/mol. The van der Waals surface area contributed by atoms with Gasteiger partial charge in [-0.15, -0.1) is 0 Å². The Morgan fingerprint density at radius 2 is 2.14 bits per heavy atom. The van der Waals surface area contributed by atoms with Crippen LogP contribution < -0.4 is 11.1 Å². The predicted molar refractivity (Wildman–Crippen MR) is 61.6 cm³/mol. The fourth-order valence-electron chi connectivity index (χ4n) is 0.897. The maximum Gasteiger partial charge on any atom is 0.168 e. The number of hydrogen-bond donors (Lipinski definition) is 2. The molecular formula is C8H5Cl2N3S. The van der Waals surface area contributed by atoms with E-state index in [1.807, 2.05) is 6.07 Å². The highest BCUT2D eigenvalue weighted by Crippen LogP contribution is 2.30. The largest absolute Gasteiger partial charge is 0.376 e. The topological polar surface area (TPSA) is 61.8 Å². The summed E-state index contributed by atoms with van der Waals surface area (Å²) in [6.07, 6.45) is 0. The van der Waals surface area contributed by atoms with E-state index in [-0.39, 0.29) is 15.7 Å². The first-order chi connectivity index (χ1) is 6.56. The second-order valence-electron chi connectivity index (χ2n) is 2.38. The maximum atomic E-state index is 8.82. The van der Waals surface area contributed by atoms with Crippen molar-refractivity contribution < 1.29 is 0 Å². The summed E-state index contributed by atoms with van der Waals surface area (Å²) in [4.78, 5) is 0. The lowest BCUT2D eigenvalue weighted by molar-refractivity contribution is 1.47. The SMILES string of the molecule is N#Cc1c(NC(N)=S)ccc(Cl)c1Cl. The molecule has 0 aromatic heterocycles. The van der Waals surface area contributed by atoms with E-state index in [0.717, 1.165) is 0 Å². The van der Waals surface area contributed by atoms with Crippen LogP contribution in [0.25, 0.3) is 0 Å². The molecule has 0 aliphatic carbocycles. The molecule has 72 valence electrons. The third-order valence-electron chi connectivity index (χ3n) is 1.46. The van der Waals surface area contributed by atoms with Gasteiger partial charge in [0.25, 0.3) is 0 Å². The van der Waals surface area contributed by atoms with Crippen LogP contribution in [-0.2, 0) is 0 Å². The van der Waals surface area contributed by atoms with Gasteiger partial charge < -0.3 is 11.1 Å². The standard InChI is InChI=1S/C8H5Cl2N3S/c9-5-1-2-6(13-8(12)14)4(3-11)7(5)10/h1-2H,(H3,12,13,14). The van der Waals surface area contributed by atoms with Gasteiger partial charge in [0.1, 0.15) is 6.07 Å². The van der Waals surface area contributed by atoms with Crippen LogP contribution in [0.5, 0.6) is 0 Å². The van der Waals surface area contributed by atoms with E-state index in [9.17, 15) is 0 Å². The van der Waals surface area contributed by atoms with Crippen molar-refractivity contribution in [3.8, 4) is 6.07 Å². The molecule has 3 nitrogen and oxygen atoms in total. The summed E-state index contributed by atoms with van der Waals surface area (Å²) in [5.74, 6) is 0. The highest BCUT2D eigenvalue weighted by atomic mass is 35.5. The Hall–Kier alpha value is -1.02. The number of nitrogens with two attached hydrogens (primary N) is 1. The Morgan fingerprint density at radius 1 is 1.50 bits per heavy atom. The molecule has 1 aromatic carbocycles. The number of thiocarbonyl (C=S) groups is 1. The molecule has 3 N–H and O–H groups in total. The fraction of sp³-hybridized carbons (Fsp3) is 0. The predicted octanol–water partition coefficient (Wildman–Crippen LogP) is 2.52. The zero-order chi connectivity index (χ0) is 10.7. The summed E-state index contributed by atoms with van der Waals surface area (Å²) < 4.78 is 0. The Morgan fingerprint density at radius 3 is 2.64 bits per heavy atom. The van der Waals surface area contributed by atoms with Crippen LogP contribution in [0, 0.1) is 11.3 Å². The fourth-order valence-corrected chi connectivity index (χ4v) is 1.37. The van der Waals surface area contributed by atoms with Crippen molar-refractivity contribution in [2.45, 2.75) is 0 Å². The van der Waals surface area contributed by atoms with Crippen LogP contribution in [0.4, 0.5) is 5.69 Å². The van der Waals surface area contributed by atoms with E-state index in [1.165, 1.54) is 0 Å². The summed E-state index contributed by atoms with van der Waals surface area (Å²) in [6, 6.07) is 5.07. The molecular weight excluding hydrogens is 241 g/mol. The Balaban J connectivity index is 3.26. The first-order valence-corrected chi connectivity index (χ1v) is 4.67. The van der Waals surface area contributed by atoms with Crippen molar-refractivity contribution in [3.63, 3.8) is 0 Å². The third-order valence-corrected chi connectivity index (χ3v) is 2.37. The second kappa shape index (κ2) is 4.47. The second-order valence-corrected chi connectivity index (χ2v) is 3.61. The number of rotatable bonds is 1. The molecule has 0 saturated carbocycles. The van der Waals surface area contributed by atoms with Crippen LogP contribution in [-0.4, -0.2) is 5.11 Å². The van der Waals surface area contributed by atoms with E-state index >= 15 is 0 Å². The van der Waals surface area contributed by atoms with Gasteiger partial charge in [-0.25, -0.2) is 0 Å². The summed E-state index contributed by atoms with van der Waals surface area (Å²) in [7, 11) is 0. The van der Waals surface area contributed by atoms with Gasteiger partial charge in [0.15, 0.2) is 5.11 Å². The summed E-state index contributed by atoms with van der Waals surface area (Å²) >= 11 is 16.2. The smallest absolute Gasteiger partial charge is 0.168 e. The molecule has 1 rings (SSSR count). The average Bonchev–Trinajstić information content (AvgIpc) is 2.11. The number of nitrogens with zero attached hydrogens (tertiary/aromatic N) is 1. The summed E-state index contributed by atoms with van der Waals surface area (Å²) in [6.45, 7) is 0. The van der Waals surface area contributed by atoms with Crippen LogP contribution in [0.3, 0.4) is 0 Å². The zero-order valence-corrected chi connectivity index (χ0v) is 9.17. The minimum atomic E-state index is 0.0693. The van der Waals surface area contributed by atoms with Gasteiger partial charge >= 0.3 is 0 Å². The minimum absolute atomic E-state index is 0.0693. The van der Waals surface area contributed by atoms with Gasteiger partial charge in [0.05, 0.1) is 21.3 Å². The van der Waals surface area contributed by atoms with Crippen molar-refractivity contribution in [2.75, 3.05) is 5.32 Å². The van der Waals surface area contributed by atoms with Crippen molar-refractivity contribution >= 4 is 46.2 Å². The molecule has 0 radical (unpaired) electrons. The lowest BCUT2D eigenvalue weighted by Crippen LogP contribution is -2.19. The van der Waals surface area contributed by atoms with E-state index in [0.29, 0.717) is 10.7 Å². The molecule has 6 heteroatoms. The number of nitrogens with one attached hydrogen (secondary N) is 1. The van der Waals surface area contributed by atoms with Crippen molar-refractivity contribution in [3.05, 3.63) is 27.7 Å². The van der Waals surface area contributed by atoms with E-state index in [4.69, 9.17) is 34.2 Å². The van der Waals surface area contributed by atoms with Gasteiger partial charge in [-0.2, -0.15) is 5.26 Å². The first kappa shape index (κ1) is 11.1.